The lowest BCUT2D eigenvalue weighted by molar-refractivity contribution is -0.118. The summed E-state index contributed by atoms with van der Waals surface area (Å²) in [5.41, 5.74) is 6.85. The zero-order chi connectivity index (χ0) is 15.5. The van der Waals surface area contributed by atoms with Gasteiger partial charge in [0.1, 0.15) is 6.54 Å². The van der Waals surface area contributed by atoms with Gasteiger partial charge in [0.2, 0.25) is 5.91 Å². The number of primary amides is 1. The average Bonchev–Trinajstić information content (AvgIpc) is 3.18. The van der Waals surface area contributed by atoms with Crippen LogP contribution in [-0.4, -0.2) is 33.2 Å². The largest absolute Gasteiger partial charge is 0.368 e. The Morgan fingerprint density at radius 3 is 3.09 bits per heavy atom. The third-order valence-electron chi connectivity index (χ3n) is 3.64. The van der Waals surface area contributed by atoms with E-state index in [1.54, 1.807) is 17.5 Å². The van der Waals surface area contributed by atoms with E-state index in [0.717, 1.165) is 19.4 Å². The fourth-order valence-corrected chi connectivity index (χ4v) is 3.40. The summed E-state index contributed by atoms with van der Waals surface area (Å²) < 4.78 is 1.40. The number of nitrogens with one attached hydrogen (secondary N) is 1. The van der Waals surface area contributed by atoms with Crippen molar-refractivity contribution in [1.29, 1.82) is 0 Å². The molecule has 1 fully saturated rings. The molecule has 1 aliphatic rings. The third kappa shape index (κ3) is 3.11. The number of rotatable bonds is 4. The van der Waals surface area contributed by atoms with Gasteiger partial charge in [0.25, 0.3) is 0 Å². The van der Waals surface area contributed by atoms with Gasteiger partial charge in [-0.15, -0.1) is 0 Å². The van der Waals surface area contributed by atoms with Crippen LogP contribution in [0.1, 0.15) is 24.4 Å². The van der Waals surface area contributed by atoms with Crippen LogP contribution < -0.4 is 11.1 Å². The van der Waals surface area contributed by atoms with Crippen LogP contribution >= 0.6 is 11.3 Å². The molecule has 0 unspecified atom stereocenters. The fourth-order valence-electron chi connectivity index (χ4n) is 2.69. The van der Waals surface area contributed by atoms with E-state index < -0.39 is 5.91 Å². The summed E-state index contributed by atoms with van der Waals surface area (Å²) in [5.74, 6) is -0.474. The van der Waals surface area contributed by atoms with Crippen LogP contribution in [-0.2, 0) is 11.3 Å². The maximum absolute atomic E-state index is 12.4. The number of thiophene rings is 1. The average molecular weight is 319 g/mol. The zero-order valence-corrected chi connectivity index (χ0v) is 12.8. The van der Waals surface area contributed by atoms with Gasteiger partial charge in [0.05, 0.1) is 17.9 Å². The molecule has 3 heterocycles. The molecule has 22 heavy (non-hydrogen) atoms. The molecule has 0 saturated carbocycles. The molecule has 0 aliphatic carbocycles. The highest BCUT2D eigenvalue weighted by Crippen LogP contribution is 2.33. The van der Waals surface area contributed by atoms with E-state index in [-0.39, 0.29) is 18.6 Å². The van der Waals surface area contributed by atoms with Gasteiger partial charge in [-0.05, 0) is 35.2 Å². The lowest BCUT2D eigenvalue weighted by Gasteiger charge is -2.24. The lowest BCUT2D eigenvalue weighted by Crippen LogP contribution is -2.34. The maximum Gasteiger partial charge on any atom is 0.322 e. The maximum atomic E-state index is 12.4. The van der Waals surface area contributed by atoms with Crippen LogP contribution in [0.15, 0.2) is 29.2 Å². The van der Waals surface area contributed by atoms with Gasteiger partial charge in [-0.25, -0.2) is 4.79 Å². The van der Waals surface area contributed by atoms with Gasteiger partial charge >= 0.3 is 6.03 Å². The molecule has 2 aromatic rings. The molecule has 1 atom stereocenters. The smallest absolute Gasteiger partial charge is 0.322 e. The van der Waals surface area contributed by atoms with Gasteiger partial charge in [0.15, 0.2) is 0 Å². The summed E-state index contributed by atoms with van der Waals surface area (Å²) in [6.07, 6.45) is 5.08. The Labute approximate surface area is 131 Å². The van der Waals surface area contributed by atoms with Crippen molar-refractivity contribution in [3.05, 3.63) is 34.8 Å². The van der Waals surface area contributed by atoms with Crippen LogP contribution in [0.5, 0.6) is 0 Å². The molecule has 3 N–H and O–H groups in total. The Bertz CT molecular complexity index is 667. The Hall–Kier alpha value is -2.35. The van der Waals surface area contributed by atoms with E-state index in [2.05, 4.69) is 21.9 Å². The number of carbonyl (C=O) groups is 2. The van der Waals surface area contributed by atoms with Gasteiger partial charge in [-0.2, -0.15) is 16.4 Å². The first-order chi connectivity index (χ1) is 10.6. The van der Waals surface area contributed by atoms with E-state index in [0.29, 0.717) is 5.69 Å². The number of nitrogens with zero attached hydrogens (tertiary/aromatic N) is 3. The highest BCUT2D eigenvalue weighted by atomic mass is 32.1. The first-order valence-electron chi connectivity index (χ1n) is 7.04. The number of hydrogen-bond acceptors (Lipinski definition) is 4. The molecule has 0 aromatic carbocycles. The number of aromatic nitrogens is 2. The number of nitrogens with two attached hydrogens (primary N) is 1. The Kier molecular flexibility index (Phi) is 4.10. The third-order valence-corrected chi connectivity index (χ3v) is 4.35. The highest BCUT2D eigenvalue weighted by molar-refractivity contribution is 7.07. The Morgan fingerprint density at radius 2 is 2.36 bits per heavy atom. The number of likely N-dealkylation sites (tertiary alicyclic amines) is 1. The quantitative estimate of drug-likeness (QED) is 0.900. The number of carbonyl (C=O) groups excluding carboxylic acids is 2. The molecule has 0 spiro atoms. The second kappa shape index (κ2) is 6.18. The Morgan fingerprint density at radius 1 is 1.50 bits per heavy atom. The number of hydrogen-bond donors (Lipinski definition) is 2. The van der Waals surface area contributed by atoms with Crippen LogP contribution in [0.2, 0.25) is 0 Å². The normalized spacial score (nSPS) is 17.6. The summed E-state index contributed by atoms with van der Waals surface area (Å²) in [4.78, 5) is 25.1. The van der Waals surface area contributed by atoms with Gasteiger partial charge < -0.3 is 16.0 Å². The minimum absolute atomic E-state index is 0.00286. The molecule has 1 aliphatic heterocycles. The minimum Gasteiger partial charge on any atom is -0.368 e. The second-order valence-electron chi connectivity index (χ2n) is 5.23. The molecule has 116 valence electrons. The van der Waals surface area contributed by atoms with Crippen LogP contribution in [0.3, 0.4) is 0 Å². The van der Waals surface area contributed by atoms with Crippen molar-refractivity contribution in [2.75, 3.05) is 11.9 Å². The molecule has 0 radical (unpaired) electrons. The summed E-state index contributed by atoms with van der Waals surface area (Å²) in [6.45, 7) is 0.735. The Balaban J connectivity index is 1.66. The summed E-state index contributed by atoms with van der Waals surface area (Å²) in [6, 6.07) is 2.05. The van der Waals surface area contributed by atoms with E-state index in [1.807, 2.05) is 10.3 Å². The van der Waals surface area contributed by atoms with E-state index in [1.165, 1.54) is 16.4 Å². The first-order valence-corrected chi connectivity index (χ1v) is 7.98. The predicted molar refractivity (Wildman–Crippen MR) is 83.4 cm³/mol. The summed E-state index contributed by atoms with van der Waals surface area (Å²) in [7, 11) is 0. The fraction of sp³-hybridized carbons (Fsp3) is 0.357. The van der Waals surface area contributed by atoms with Crippen LogP contribution in [0.4, 0.5) is 10.5 Å². The monoisotopic (exact) mass is 319 g/mol. The summed E-state index contributed by atoms with van der Waals surface area (Å²) >= 11 is 1.64. The van der Waals surface area contributed by atoms with Crippen molar-refractivity contribution in [3.8, 4) is 0 Å². The van der Waals surface area contributed by atoms with Crippen molar-refractivity contribution in [3.63, 3.8) is 0 Å². The molecule has 7 nitrogen and oxygen atoms in total. The summed E-state index contributed by atoms with van der Waals surface area (Å²) in [5, 5.41) is 10.9. The van der Waals surface area contributed by atoms with Gasteiger partial charge in [0, 0.05) is 12.7 Å². The minimum atomic E-state index is -0.474. The first kappa shape index (κ1) is 14.6. The zero-order valence-electron chi connectivity index (χ0n) is 11.9. The lowest BCUT2D eigenvalue weighted by atomic mass is 10.1. The van der Waals surface area contributed by atoms with E-state index in [9.17, 15) is 9.59 Å². The van der Waals surface area contributed by atoms with Crippen molar-refractivity contribution < 1.29 is 9.59 Å². The standard InChI is InChI=1S/C14H17N5O2S/c15-13(20)8-18-7-11(6-16-18)17-14(21)19-4-1-2-12(19)10-3-5-22-9-10/h3,5-7,9,12H,1-2,4,8H2,(H2,15,20)(H,17,21)/t12-/m1/s1. The molecular formula is C14H17N5O2S. The topological polar surface area (TPSA) is 93.2 Å². The molecule has 1 saturated heterocycles. The molecule has 3 amide bonds. The van der Waals surface area contributed by atoms with Gasteiger partial charge in [-0.1, -0.05) is 0 Å². The molecule has 2 aromatic heterocycles. The highest BCUT2D eigenvalue weighted by Gasteiger charge is 2.30. The molecule has 8 heteroatoms. The SMILES string of the molecule is NC(=O)Cn1cc(NC(=O)N2CCC[C@@H]2c2ccsc2)cn1. The second-order valence-corrected chi connectivity index (χ2v) is 6.01. The van der Waals surface area contributed by atoms with Crippen molar-refractivity contribution >= 4 is 29.0 Å². The van der Waals surface area contributed by atoms with Crippen molar-refractivity contribution in [2.24, 2.45) is 5.73 Å². The van der Waals surface area contributed by atoms with E-state index in [4.69, 9.17) is 5.73 Å². The molecular weight excluding hydrogens is 302 g/mol. The number of urea groups is 1. The number of anilines is 1. The molecule has 0 bridgehead atoms. The van der Waals surface area contributed by atoms with E-state index >= 15 is 0 Å². The van der Waals surface area contributed by atoms with Crippen LogP contribution in [0.25, 0.3) is 0 Å². The van der Waals surface area contributed by atoms with Gasteiger partial charge in [-0.3, -0.25) is 9.48 Å². The van der Waals surface area contributed by atoms with Crippen molar-refractivity contribution in [1.82, 2.24) is 14.7 Å². The van der Waals surface area contributed by atoms with Crippen molar-refractivity contribution in [2.45, 2.75) is 25.4 Å². The van der Waals surface area contributed by atoms with Crippen LogP contribution in [0, 0.1) is 0 Å². The molecule has 3 rings (SSSR count). The number of amides is 3. The predicted octanol–water partition coefficient (Wildman–Crippen LogP) is 1.80.